The first-order valence-electron chi connectivity index (χ1n) is 15.2. The van der Waals surface area contributed by atoms with Crippen LogP contribution in [-0.4, -0.2) is 86.5 Å². The molecule has 0 saturated carbocycles. The number of thioether (sulfide) groups is 1. The molecule has 2 bridgehead atoms. The van der Waals surface area contributed by atoms with Crippen LogP contribution in [0.2, 0.25) is 13.3 Å². The van der Waals surface area contributed by atoms with E-state index in [1.165, 1.54) is 11.8 Å². The SMILES string of the molecule is CCC[CH2][Sn]([CH2]CCC)([CH2]CCC)[c]1nc2c3c(nc(SC)nc3c1F)N1CC3CCC(C1C(C)O2)N3C(=O)O. The molecule has 5 rings (SSSR count). The molecule has 2 aromatic heterocycles. The number of halogens is 1. The number of rotatable bonds is 11. The number of unbranched alkanes of at least 4 members (excludes halogenated alkanes) is 3. The molecule has 1 N–H and O–H groups in total. The fourth-order valence-corrected chi connectivity index (χ4v) is 23.4. The van der Waals surface area contributed by atoms with E-state index in [2.05, 4.69) is 25.7 Å². The van der Waals surface area contributed by atoms with E-state index in [0.29, 0.717) is 38.0 Å². The van der Waals surface area contributed by atoms with Gasteiger partial charge in [-0.3, -0.25) is 0 Å². The van der Waals surface area contributed by atoms with Crippen LogP contribution in [0.5, 0.6) is 5.88 Å². The third-order valence-electron chi connectivity index (χ3n) is 9.40. The molecule has 0 radical (unpaired) electrons. The van der Waals surface area contributed by atoms with E-state index in [0.717, 1.165) is 64.7 Å². The number of amides is 1. The summed E-state index contributed by atoms with van der Waals surface area (Å²) in [5, 5.41) is 11.1. The first kappa shape index (κ1) is 29.9. The van der Waals surface area contributed by atoms with Gasteiger partial charge < -0.3 is 0 Å². The fourth-order valence-electron chi connectivity index (χ4n) is 7.44. The normalized spacial score (nSPS) is 23.8. The monoisotopic (exact) mass is 681 g/mol. The summed E-state index contributed by atoms with van der Waals surface area (Å²) in [6.45, 7) is 9.16. The topological polar surface area (TPSA) is 91.7 Å². The summed E-state index contributed by atoms with van der Waals surface area (Å²) in [7, 11) is 0. The first-order valence-corrected chi connectivity index (χ1v) is 23.9. The zero-order valence-corrected chi connectivity index (χ0v) is 28.3. The predicted octanol–water partition coefficient (Wildman–Crippen LogP) is 6.42. The second-order valence-electron chi connectivity index (χ2n) is 11.9. The Morgan fingerprint density at radius 2 is 1.73 bits per heavy atom. The van der Waals surface area contributed by atoms with Gasteiger partial charge in [0.05, 0.1) is 0 Å². The number of aromatic nitrogens is 3. The van der Waals surface area contributed by atoms with Crippen LogP contribution in [0.25, 0.3) is 10.9 Å². The number of nitrogens with zero attached hydrogens (tertiary/aromatic N) is 5. The van der Waals surface area contributed by atoms with Gasteiger partial charge in [-0.25, -0.2) is 0 Å². The minimum absolute atomic E-state index is 0.117. The van der Waals surface area contributed by atoms with Crippen molar-refractivity contribution in [2.45, 2.75) is 122 Å². The van der Waals surface area contributed by atoms with Crippen LogP contribution in [0.1, 0.15) is 79.1 Å². The van der Waals surface area contributed by atoms with Crippen LogP contribution in [0.4, 0.5) is 15.0 Å². The van der Waals surface area contributed by atoms with Gasteiger partial charge in [0.15, 0.2) is 0 Å². The molecule has 2 saturated heterocycles. The van der Waals surface area contributed by atoms with Crippen molar-refractivity contribution in [3.8, 4) is 5.88 Å². The van der Waals surface area contributed by atoms with Gasteiger partial charge in [-0.15, -0.1) is 0 Å². The van der Waals surface area contributed by atoms with Gasteiger partial charge in [0.2, 0.25) is 0 Å². The maximum atomic E-state index is 17.0. The molecule has 4 unspecified atom stereocenters. The number of carboxylic acid groups (broad SMARTS) is 1. The zero-order valence-electron chi connectivity index (χ0n) is 24.6. The van der Waals surface area contributed by atoms with Gasteiger partial charge in [0.1, 0.15) is 0 Å². The number of anilines is 1. The van der Waals surface area contributed by atoms with Gasteiger partial charge in [0.25, 0.3) is 0 Å². The Balaban J connectivity index is 1.73. The zero-order chi connectivity index (χ0) is 28.6. The molecule has 2 fully saturated rings. The molecule has 40 heavy (non-hydrogen) atoms. The van der Waals surface area contributed by atoms with Crippen molar-refractivity contribution >= 4 is 56.7 Å². The standard InChI is InChI=1S/C17H17FN5O3S.3C4H9.Sn/c1-7-13-10-4-3-8(23(10)17(24)25)6-22(13)14-11-12(20-16(21-14)27-2)9(18)5-19-15(11)26-7;3*1-3-4-2;/h7-8,10,13H,3-4,6H2,1-2H3,(H,24,25);3*1,3-4H2,2H3;. The average Bonchev–Trinajstić information content (AvgIpc) is 3.20. The number of hydrogen-bond acceptors (Lipinski definition) is 7. The average molecular weight is 680 g/mol. The molecule has 0 aliphatic carbocycles. The van der Waals surface area contributed by atoms with Crippen molar-refractivity contribution in [3.63, 3.8) is 0 Å². The van der Waals surface area contributed by atoms with Crippen molar-refractivity contribution in [3.05, 3.63) is 5.82 Å². The van der Waals surface area contributed by atoms with Crippen LogP contribution < -0.4 is 13.3 Å². The number of hydrogen-bond donors (Lipinski definition) is 1. The van der Waals surface area contributed by atoms with E-state index in [1.807, 2.05) is 13.2 Å². The molecule has 4 atom stereocenters. The fraction of sp³-hybridized carbons (Fsp3) is 0.724. The van der Waals surface area contributed by atoms with Gasteiger partial charge in [-0.05, 0) is 0 Å². The van der Waals surface area contributed by atoms with Crippen molar-refractivity contribution in [2.24, 2.45) is 0 Å². The van der Waals surface area contributed by atoms with E-state index < -0.39 is 24.5 Å². The van der Waals surface area contributed by atoms with Gasteiger partial charge in [-0.2, -0.15) is 0 Å². The summed E-state index contributed by atoms with van der Waals surface area (Å²) in [6, 6.07) is -0.547. The summed E-state index contributed by atoms with van der Waals surface area (Å²) in [6.07, 6.45) is 8.87. The van der Waals surface area contributed by atoms with Crippen LogP contribution in [0.15, 0.2) is 5.16 Å². The molecule has 0 spiro atoms. The summed E-state index contributed by atoms with van der Waals surface area (Å²) < 4.78 is 27.6. The van der Waals surface area contributed by atoms with E-state index in [-0.39, 0.29) is 30.0 Å². The van der Waals surface area contributed by atoms with Crippen LogP contribution in [0.3, 0.4) is 0 Å². The summed E-state index contributed by atoms with van der Waals surface area (Å²) in [5.74, 6) is 0.841. The molecule has 0 aromatic carbocycles. The summed E-state index contributed by atoms with van der Waals surface area (Å²) in [4.78, 5) is 30.9. The maximum absolute atomic E-state index is 17.0. The van der Waals surface area contributed by atoms with E-state index >= 15 is 4.39 Å². The molecule has 3 aliphatic rings. The Morgan fingerprint density at radius 1 is 1.07 bits per heavy atom. The van der Waals surface area contributed by atoms with Crippen LogP contribution in [-0.2, 0) is 0 Å². The minimum atomic E-state index is -3.30. The number of carbonyl (C=O) groups is 1. The molecule has 2 aromatic rings. The Hall–Kier alpha value is -1.56. The third-order valence-corrected chi connectivity index (χ3v) is 25.0. The van der Waals surface area contributed by atoms with Gasteiger partial charge in [0, 0.05) is 0 Å². The second-order valence-corrected chi connectivity index (χ2v) is 25.6. The summed E-state index contributed by atoms with van der Waals surface area (Å²) >= 11 is -1.89. The van der Waals surface area contributed by atoms with Crippen molar-refractivity contribution in [1.82, 2.24) is 19.9 Å². The Bertz CT molecular complexity index is 1230. The Morgan fingerprint density at radius 3 is 2.30 bits per heavy atom. The molecule has 8 nitrogen and oxygen atoms in total. The van der Waals surface area contributed by atoms with Crippen LogP contribution >= 0.6 is 11.8 Å². The molecule has 220 valence electrons. The third kappa shape index (κ3) is 5.13. The van der Waals surface area contributed by atoms with Crippen molar-refractivity contribution < 1.29 is 19.0 Å². The Kier molecular flexibility index (Phi) is 9.24. The Labute approximate surface area is 245 Å². The predicted molar refractivity (Wildman–Crippen MR) is 162 cm³/mol. The molecular weight excluding hydrogens is 636 g/mol. The second kappa shape index (κ2) is 12.4. The van der Waals surface area contributed by atoms with E-state index in [4.69, 9.17) is 19.7 Å². The number of piperazine rings is 1. The van der Waals surface area contributed by atoms with Crippen LogP contribution in [0, 0.1) is 5.82 Å². The first-order chi connectivity index (χ1) is 19.3. The molecular formula is C29H44FN5O3SSn. The van der Waals surface area contributed by atoms with Crippen molar-refractivity contribution in [1.29, 1.82) is 0 Å². The van der Waals surface area contributed by atoms with Gasteiger partial charge >= 0.3 is 247 Å². The van der Waals surface area contributed by atoms with E-state index in [9.17, 15) is 9.90 Å². The number of pyridine rings is 1. The molecule has 3 aliphatic heterocycles. The number of ether oxygens (including phenoxy) is 1. The number of fused-ring (bicyclic) bond motifs is 5. The molecule has 5 heterocycles. The molecule has 11 heteroatoms. The van der Waals surface area contributed by atoms with E-state index in [1.54, 1.807) is 4.90 Å². The van der Waals surface area contributed by atoms with Crippen molar-refractivity contribution in [2.75, 3.05) is 17.7 Å². The quantitative estimate of drug-likeness (QED) is 0.165. The van der Waals surface area contributed by atoms with Gasteiger partial charge in [-0.1, -0.05) is 0 Å². The summed E-state index contributed by atoms with van der Waals surface area (Å²) in [5.41, 5.74) is 0.334. The molecule has 1 amide bonds.